The molecule has 3 heterocycles. The predicted molar refractivity (Wildman–Crippen MR) is 193 cm³/mol. The van der Waals surface area contributed by atoms with Crippen molar-refractivity contribution in [2.24, 2.45) is 28.7 Å². The molecule has 0 bridgehead atoms. The summed E-state index contributed by atoms with van der Waals surface area (Å²) in [5.41, 5.74) is 33.9. The molecule has 0 aromatic heterocycles. The van der Waals surface area contributed by atoms with Gasteiger partial charge in [-0.2, -0.15) is 12.6 Å². The Balaban J connectivity index is 1.67. The summed E-state index contributed by atoms with van der Waals surface area (Å²) in [6.45, 7) is 1.40. The third-order valence-corrected chi connectivity index (χ3v) is 10.7. The number of nitrogens with zero attached hydrogens (tertiary/aromatic N) is 3. The van der Waals surface area contributed by atoms with E-state index in [1.807, 2.05) is 0 Å². The van der Waals surface area contributed by atoms with Gasteiger partial charge in [0.1, 0.15) is 23.9 Å². The summed E-state index contributed by atoms with van der Waals surface area (Å²) in [7, 11) is 1.35. The highest BCUT2D eigenvalue weighted by atomic mass is 32.2. The van der Waals surface area contributed by atoms with E-state index in [0.717, 1.165) is 4.90 Å². The zero-order valence-corrected chi connectivity index (χ0v) is 30.7. The van der Waals surface area contributed by atoms with Crippen LogP contribution in [0.1, 0.15) is 57.8 Å². The van der Waals surface area contributed by atoms with E-state index < -0.39 is 76.5 Å². The molecule has 21 heteroatoms. The number of ketones is 2. The van der Waals surface area contributed by atoms with Crippen molar-refractivity contribution in [2.45, 2.75) is 106 Å². The maximum absolute atomic E-state index is 13.9. The molecular weight excluding hydrogens is 705 g/mol. The Hall–Kier alpha value is -2.57. The number of carbonyl (C=O) groups is 7. The van der Waals surface area contributed by atoms with Gasteiger partial charge in [0, 0.05) is 32.3 Å². The van der Waals surface area contributed by atoms with Gasteiger partial charge in [0.25, 0.3) is 0 Å². The minimum absolute atomic E-state index is 0.0219. The third-order valence-electron chi connectivity index (χ3n) is 9.15. The van der Waals surface area contributed by atoms with Gasteiger partial charge in [-0.25, -0.2) is 10.9 Å². The summed E-state index contributed by atoms with van der Waals surface area (Å²) in [4.78, 5) is 95.8. The lowest BCUT2D eigenvalue weighted by Crippen LogP contribution is -2.57. The molecule has 0 saturated carbocycles. The van der Waals surface area contributed by atoms with Crippen molar-refractivity contribution in [2.75, 3.05) is 39.0 Å². The number of thioether (sulfide) groups is 1. The highest BCUT2D eigenvalue weighted by Crippen LogP contribution is 2.28. The first-order valence-corrected chi connectivity index (χ1v) is 18.8. The van der Waals surface area contributed by atoms with E-state index in [9.17, 15) is 33.6 Å². The fourth-order valence-corrected chi connectivity index (χ4v) is 7.76. The molecule has 4 amide bonds. The first-order chi connectivity index (χ1) is 24.2. The average Bonchev–Trinajstić information content (AvgIpc) is 3.84. The summed E-state index contributed by atoms with van der Waals surface area (Å²) in [5, 5.41) is 4.34. The molecular formula is C30H54N12O7S2. The van der Waals surface area contributed by atoms with Crippen LogP contribution in [0.25, 0.3) is 0 Å². The molecule has 0 spiro atoms. The van der Waals surface area contributed by atoms with Crippen molar-refractivity contribution in [1.82, 2.24) is 36.2 Å². The highest BCUT2D eigenvalue weighted by molar-refractivity contribution is 8.15. The van der Waals surface area contributed by atoms with Gasteiger partial charge in [0.05, 0.1) is 24.2 Å². The number of nitrogens with one attached hydrogen (secondary N) is 4. The maximum atomic E-state index is 13.9. The van der Waals surface area contributed by atoms with E-state index in [4.69, 9.17) is 28.7 Å². The maximum Gasteiger partial charge on any atom is 0.246 e. The fraction of sp³-hybridized carbons (Fsp3) is 0.767. The molecule has 6 atom stereocenters. The summed E-state index contributed by atoms with van der Waals surface area (Å²) in [6, 6.07) is -4.75. The zero-order chi connectivity index (χ0) is 37.8. The van der Waals surface area contributed by atoms with Crippen molar-refractivity contribution in [3.05, 3.63) is 0 Å². The Bertz CT molecular complexity index is 1280. The van der Waals surface area contributed by atoms with Gasteiger partial charge in [0.15, 0.2) is 0 Å². The second-order valence-corrected chi connectivity index (χ2v) is 14.5. The first-order valence-electron chi connectivity index (χ1n) is 17.2. The minimum atomic E-state index is -1.11. The van der Waals surface area contributed by atoms with Crippen molar-refractivity contribution < 1.29 is 33.6 Å². The van der Waals surface area contributed by atoms with Crippen LogP contribution in [0.3, 0.4) is 0 Å². The number of hydrazine groups is 1. The molecule has 3 aliphatic heterocycles. The lowest BCUT2D eigenvalue weighted by molar-refractivity contribution is -0.149. The summed E-state index contributed by atoms with van der Waals surface area (Å²) < 4.78 is 0. The van der Waals surface area contributed by atoms with Gasteiger partial charge in [-0.1, -0.05) is 11.8 Å². The predicted octanol–water partition coefficient (Wildman–Crippen LogP) is -4.65. The monoisotopic (exact) mass is 758 g/mol. The Morgan fingerprint density at radius 1 is 0.843 bits per heavy atom. The second kappa shape index (κ2) is 20.6. The van der Waals surface area contributed by atoms with Gasteiger partial charge < -0.3 is 38.5 Å². The standard InChI is InChI=1S/C30H54N12O7S2/c1-40-22(43)14-21(27(40)48)51-28(49)18(15-50)39-38-17(7-3-11-37-30(34)35)23(44)24(45)19-8-4-12-41(19)26(47)20-9-5-13-42(20)25(46)16(31)6-2-10-36-29(32)33/h16-21,29-30,36-39,50H,2-15,31-35H2,1H3/t16-,17-,18-,19-,20-,21?/m0/s1. The summed E-state index contributed by atoms with van der Waals surface area (Å²) in [6.07, 6.45) is 1.59. The average molecular weight is 759 g/mol. The Kier molecular flexibility index (Phi) is 17.3. The van der Waals surface area contributed by atoms with Crippen LogP contribution in [-0.4, -0.2) is 142 Å². The summed E-state index contributed by atoms with van der Waals surface area (Å²) >= 11 is 4.95. The zero-order valence-electron chi connectivity index (χ0n) is 29.0. The number of amides is 4. The van der Waals surface area contributed by atoms with Crippen LogP contribution < -0.4 is 50.2 Å². The molecule has 19 nitrogen and oxygen atoms in total. The van der Waals surface area contributed by atoms with Crippen LogP contribution in [0.15, 0.2) is 0 Å². The van der Waals surface area contributed by atoms with Crippen LogP contribution in [0.5, 0.6) is 0 Å². The first kappa shape index (κ1) is 42.8. The molecule has 288 valence electrons. The lowest BCUT2D eigenvalue weighted by Gasteiger charge is -2.32. The van der Waals surface area contributed by atoms with Crippen LogP contribution in [-0.2, 0) is 33.6 Å². The Morgan fingerprint density at radius 3 is 1.98 bits per heavy atom. The quantitative estimate of drug-likeness (QED) is 0.0131. The van der Waals surface area contributed by atoms with Crippen LogP contribution >= 0.6 is 24.4 Å². The molecule has 14 N–H and O–H groups in total. The number of thiol groups is 1. The SMILES string of the molecule is CN1C(=O)CC(SC(=O)[C@H](CS)NN[C@@H](CCCNC(N)N)C(=O)C(=O)[C@@H]2CCCN2C(=O)[C@@H]2CCCN2C(=O)[C@@H](N)CCCNC(N)N)C1=O. The van der Waals surface area contributed by atoms with E-state index in [1.165, 1.54) is 16.8 Å². The second-order valence-electron chi connectivity index (χ2n) is 13.0. The number of imide groups is 1. The fourth-order valence-electron chi connectivity index (χ4n) is 6.30. The number of hydrogen-bond donors (Lipinski definition) is 10. The van der Waals surface area contributed by atoms with Gasteiger partial charge in [-0.3, -0.25) is 49.1 Å². The van der Waals surface area contributed by atoms with E-state index in [-0.39, 0.29) is 43.4 Å². The number of nitrogens with two attached hydrogens (primary N) is 5. The van der Waals surface area contributed by atoms with Crippen molar-refractivity contribution in [3.63, 3.8) is 0 Å². The van der Waals surface area contributed by atoms with Gasteiger partial charge in [-0.05, 0) is 64.5 Å². The third kappa shape index (κ3) is 12.0. The minimum Gasteiger partial charge on any atom is -0.330 e. The molecule has 3 saturated heterocycles. The van der Waals surface area contributed by atoms with Gasteiger partial charge >= 0.3 is 0 Å². The van der Waals surface area contributed by atoms with E-state index >= 15 is 0 Å². The topological polar surface area (TPSA) is 307 Å². The molecule has 3 fully saturated rings. The van der Waals surface area contributed by atoms with Crippen molar-refractivity contribution in [3.8, 4) is 0 Å². The van der Waals surface area contributed by atoms with Crippen LogP contribution in [0.4, 0.5) is 0 Å². The van der Waals surface area contributed by atoms with Gasteiger partial charge in [-0.15, -0.1) is 0 Å². The highest BCUT2D eigenvalue weighted by Gasteiger charge is 2.45. The Labute approximate surface area is 307 Å². The van der Waals surface area contributed by atoms with Crippen molar-refractivity contribution in [1.29, 1.82) is 0 Å². The van der Waals surface area contributed by atoms with E-state index in [2.05, 4.69) is 34.1 Å². The number of Topliss-reactive ketones (excluding diaryl/α,β-unsaturated/α-hetero) is 2. The van der Waals surface area contributed by atoms with E-state index in [0.29, 0.717) is 69.9 Å². The molecule has 0 aliphatic carbocycles. The van der Waals surface area contributed by atoms with Crippen molar-refractivity contribution >= 4 is 64.7 Å². The number of likely N-dealkylation sites (tertiary alicyclic amines) is 3. The summed E-state index contributed by atoms with van der Waals surface area (Å²) in [5.74, 6) is -3.22. The molecule has 0 radical (unpaired) electrons. The number of hydrogen-bond acceptors (Lipinski definition) is 18. The van der Waals surface area contributed by atoms with Crippen LogP contribution in [0, 0.1) is 0 Å². The molecule has 3 rings (SSSR count). The normalized spacial score (nSPS) is 22.7. The van der Waals surface area contributed by atoms with Gasteiger partial charge in [0.2, 0.25) is 40.3 Å². The Morgan fingerprint density at radius 2 is 1.41 bits per heavy atom. The number of carbonyl (C=O) groups excluding carboxylic acids is 7. The molecule has 51 heavy (non-hydrogen) atoms. The molecule has 0 aromatic carbocycles. The van der Waals surface area contributed by atoms with E-state index in [1.54, 1.807) is 0 Å². The molecule has 3 aliphatic rings. The smallest absolute Gasteiger partial charge is 0.246 e. The lowest BCUT2D eigenvalue weighted by atomic mass is 9.97. The van der Waals surface area contributed by atoms with Crippen LogP contribution in [0.2, 0.25) is 0 Å². The largest absolute Gasteiger partial charge is 0.330 e. The number of rotatable bonds is 21. The molecule has 0 aromatic rings. The molecule has 1 unspecified atom stereocenters.